The second-order valence-electron chi connectivity index (χ2n) is 13.1. The molecule has 2 aliphatic rings. The maximum atomic E-state index is 14.0. The Kier molecular flexibility index (Phi) is 20.4. The molecule has 0 fully saturated rings. The van der Waals surface area contributed by atoms with Crippen molar-refractivity contribution in [2.75, 3.05) is 157 Å². The van der Waals surface area contributed by atoms with Gasteiger partial charge in [-0.2, -0.15) is 0 Å². The number of hydrogen-bond donors (Lipinski definition) is 0. The molecule has 13 nitrogen and oxygen atoms in total. The number of likely N-dealkylation sites (N-methyl/N-ethyl adjacent to an activating group) is 1. The van der Waals surface area contributed by atoms with Gasteiger partial charge in [0.25, 0.3) is 0 Å². The van der Waals surface area contributed by atoms with Gasteiger partial charge < -0.3 is 57.3 Å². The fourth-order valence-corrected chi connectivity index (χ4v) is 6.47. The normalized spacial score (nSPS) is 13.4. The number of methoxy groups -OCH3 is 4. The summed E-state index contributed by atoms with van der Waals surface area (Å²) in [5, 5.41) is 0. The summed E-state index contributed by atoms with van der Waals surface area (Å²) in [4.78, 5) is 20.7. The average molecular weight is 782 g/mol. The summed E-state index contributed by atoms with van der Waals surface area (Å²) in [6, 6.07) is 12.4. The SMILES string of the molecule is CCN(CC)C1=CC(=O)C(=C2c3ccc(N(CCOCCOC)CCOCCOC)cc3Oc3cc(N(CCOCCOC)CCOCCOC)ccc32)C=C1. The molecule has 0 unspecified atom stereocenters. The number of carbonyl (C=O) groups is 1. The van der Waals surface area contributed by atoms with Crippen molar-refractivity contribution in [3.63, 3.8) is 0 Å². The van der Waals surface area contributed by atoms with E-state index in [1.165, 1.54) is 0 Å². The Morgan fingerprint density at radius 1 is 0.518 bits per heavy atom. The molecule has 2 aromatic rings. The Labute approximate surface area is 333 Å². The van der Waals surface area contributed by atoms with Crippen molar-refractivity contribution in [3.05, 3.63) is 77.0 Å². The van der Waals surface area contributed by atoms with Crippen LogP contribution in [0.15, 0.2) is 65.9 Å². The minimum Gasteiger partial charge on any atom is -0.456 e. The summed E-state index contributed by atoms with van der Waals surface area (Å²) in [6.07, 6.45) is 5.74. The van der Waals surface area contributed by atoms with Crippen LogP contribution in [0.5, 0.6) is 11.5 Å². The third-order valence-corrected chi connectivity index (χ3v) is 9.53. The maximum absolute atomic E-state index is 14.0. The number of carbonyl (C=O) groups excluding carboxylic acids is 1. The summed E-state index contributed by atoms with van der Waals surface area (Å²) in [7, 11) is 6.65. The second-order valence-corrected chi connectivity index (χ2v) is 13.1. The zero-order valence-corrected chi connectivity index (χ0v) is 34.3. The molecule has 0 radical (unpaired) electrons. The molecule has 310 valence electrons. The van der Waals surface area contributed by atoms with Gasteiger partial charge in [0.05, 0.1) is 79.3 Å². The van der Waals surface area contributed by atoms with Gasteiger partial charge in [-0.05, 0) is 50.3 Å². The molecule has 0 saturated heterocycles. The van der Waals surface area contributed by atoms with Crippen LogP contribution in [0, 0.1) is 0 Å². The minimum atomic E-state index is -0.0394. The Balaban J connectivity index is 1.73. The predicted molar refractivity (Wildman–Crippen MR) is 219 cm³/mol. The van der Waals surface area contributed by atoms with E-state index in [-0.39, 0.29) is 5.78 Å². The molecule has 0 aromatic heterocycles. The summed E-state index contributed by atoms with van der Waals surface area (Å²) >= 11 is 0. The van der Waals surface area contributed by atoms with E-state index in [4.69, 9.17) is 42.6 Å². The van der Waals surface area contributed by atoms with Crippen LogP contribution in [0.3, 0.4) is 0 Å². The number of ether oxygens (including phenoxy) is 9. The smallest absolute Gasteiger partial charge is 0.188 e. The van der Waals surface area contributed by atoms with Gasteiger partial charge in [0.1, 0.15) is 11.5 Å². The van der Waals surface area contributed by atoms with Crippen LogP contribution >= 0.6 is 0 Å². The lowest BCUT2D eigenvalue weighted by molar-refractivity contribution is -0.111. The highest BCUT2D eigenvalue weighted by molar-refractivity contribution is 6.16. The van der Waals surface area contributed by atoms with E-state index in [1.807, 2.05) is 12.2 Å². The van der Waals surface area contributed by atoms with E-state index in [0.29, 0.717) is 123 Å². The number of nitrogens with zero attached hydrogens (tertiary/aromatic N) is 3. The molecule has 2 aromatic carbocycles. The summed E-state index contributed by atoms with van der Waals surface area (Å²) in [5.41, 5.74) is 5.98. The molecule has 0 saturated carbocycles. The van der Waals surface area contributed by atoms with Gasteiger partial charge in [-0.15, -0.1) is 0 Å². The van der Waals surface area contributed by atoms with Crippen LogP contribution in [-0.4, -0.2) is 158 Å². The molecule has 56 heavy (non-hydrogen) atoms. The second kappa shape index (κ2) is 25.5. The van der Waals surface area contributed by atoms with Crippen LogP contribution < -0.4 is 14.5 Å². The van der Waals surface area contributed by atoms with Crippen molar-refractivity contribution in [1.29, 1.82) is 0 Å². The van der Waals surface area contributed by atoms with E-state index in [2.05, 4.69) is 64.9 Å². The molecule has 13 heteroatoms. The molecule has 0 amide bonds. The summed E-state index contributed by atoms with van der Waals surface area (Å²) in [6.45, 7) is 14.6. The Hall–Kier alpha value is -3.79. The highest BCUT2D eigenvalue weighted by Crippen LogP contribution is 2.48. The zero-order valence-electron chi connectivity index (χ0n) is 34.3. The highest BCUT2D eigenvalue weighted by Gasteiger charge is 2.29. The van der Waals surface area contributed by atoms with Gasteiger partial charge in [0, 0.05) is 125 Å². The quantitative estimate of drug-likeness (QED) is 0.0679. The third kappa shape index (κ3) is 13.4. The number of rotatable bonds is 29. The van der Waals surface area contributed by atoms with Gasteiger partial charge in [-0.1, -0.05) is 0 Å². The first-order chi connectivity index (χ1) is 27.5. The Morgan fingerprint density at radius 2 is 0.929 bits per heavy atom. The van der Waals surface area contributed by atoms with Crippen molar-refractivity contribution >= 4 is 22.7 Å². The van der Waals surface area contributed by atoms with Crippen LogP contribution in [0.25, 0.3) is 5.57 Å². The monoisotopic (exact) mass is 781 g/mol. The molecule has 0 atom stereocenters. The van der Waals surface area contributed by atoms with Crippen molar-refractivity contribution in [1.82, 2.24) is 4.90 Å². The first kappa shape index (κ1) is 44.9. The van der Waals surface area contributed by atoms with E-state index >= 15 is 0 Å². The predicted octanol–water partition coefficient (Wildman–Crippen LogP) is 5.22. The van der Waals surface area contributed by atoms with Crippen LogP contribution in [0.2, 0.25) is 0 Å². The molecule has 1 aliphatic heterocycles. The number of anilines is 2. The van der Waals surface area contributed by atoms with E-state index in [0.717, 1.165) is 46.9 Å². The summed E-state index contributed by atoms with van der Waals surface area (Å²) < 4.78 is 50.9. The van der Waals surface area contributed by atoms with Crippen LogP contribution in [0.1, 0.15) is 25.0 Å². The van der Waals surface area contributed by atoms with Crippen molar-refractivity contribution in [2.24, 2.45) is 0 Å². The number of ketones is 1. The molecule has 1 heterocycles. The van der Waals surface area contributed by atoms with Crippen molar-refractivity contribution in [2.45, 2.75) is 13.8 Å². The topological polar surface area (TPSA) is 110 Å². The molecular weight excluding hydrogens is 718 g/mol. The standard InChI is InChI=1S/C43H63N3O10/c1-7-44(8-2)34-9-12-37(40(47)31-34)43-38-13-10-35(45(15-19-52-27-23-48-3)16-20-53-28-24-49-4)32-41(38)56-42-33-36(11-14-39(42)43)46(17-21-54-29-25-50-5)18-22-55-30-26-51-6/h9-14,31-33H,7-8,15-30H2,1-6H3. The number of hydrogen-bond acceptors (Lipinski definition) is 13. The number of fused-ring (bicyclic) bond motifs is 2. The van der Waals surface area contributed by atoms with E-state index in [1.54, 1.807) is 34.5 Å². The fourth-order valence-electron chi connectivity index (χ4n) is 6.47. The molecular formula is C43H63N3O10. The molecule has 0 bridgehead atoms. The first-order valence-corrected chi connectivity index (χ1v) is 19.7. The Morgan fingerprint density at radius 3 is 1.29 bits per heavy atom. The van der Waals surface area contributed by atoms with Gasteiger partial charge in [0.15, 0.2) is 5.78 Å². The number of allylic oxidation sites excluding steroid dienone is 4. The van der Waals surface area contributed by atoms with Gasteiger partial charge in [0.2, 0.25) is 0 Å². The molecule has 4 rings (SSSR count). The van der Waals surface area contributed by atoms with E-state index < -0.39 is 0 Å². The lowest BCUT2D eigenvalue weighted by Crippen LogP contribution is -2.32. The van der Waals surface area contributed by atoms with Gasteiger partial charge >= 0.3 is 0 Å². The largest absolute Gasteiger partial charge is 0.456 e. The maximum Gasteiger partial charge on any atom is 0.188 e. The molecule has 1 aliphatic carbocycles. The highest BCUT2D eigenvalue weighted by atomic mass is 16.5. The first-order valence-electron chi connectivity index (χ1n) is 19.7. The number of benzene rings is 2. The fraction of sp³-hybridized carbons (Fsp3) is 0.558. The summed E-state index contributed by atoms with van der Waals surface area (Å²) in [5.74, 6) is 1.29. The van der Waals surface area contributed by atoms with Crippen LogP contribution in [-0.2, 0) is 42.7 Å². The molecule has 0 spiro atoms. The lowest BCUT2D eigenvalue weighted by Gasteiger charge is -2.31. The van der Waals surface area contributed by atoms with Gasteiger partial charge in [-0.3, -0.25) is 4.79 Å². The average Bonchev–Trinajstić information content (AvgIpc) is 3.21. The molecule has 0 N–H and O–H groups in total. The lowest BCUT2D eigenvalue weighted by atomic mass is 9.86. The third-order valence-electron chi connectivity index (χ3n) is 9.53. The van der Waals surface area contributed by atoms with Crippen molar-refractivity contribution < 1.29 is 47.4 Å². The van der Waals surface area contributed by atoms with E-state index in [9.17, 15) is 4.79 Å². The van der Waals surface area contributed by atoms with Crippen LogP contribution in [0.4, 0.5) is 11.4 Å². The van der Waals surface area contributed by atoms with Gasteiger partial charge in [-0.25, -0.2) is 0 Å². The minimum absolute atomic E-state index is 0.0394. The van der Waals surface area contributed by atoms with Crippen molar-refractivity contribution in [3.8, 4) is 11.5 Å². The Bertz CT molecular complexity index is 1460. The zero-order chi connectivity index (χ0) is 40.0.